The Morgan fingerprint density at radius 2 is 1.86 bits per heavy atom. The van der Waals surface area contributed by atoms with Crippen molar-refractivity contribution in [2.45, 2.75) is 37.8 Å². The highest BCUT2D eigenvalue weighted by atomic mass is 35.5. The molecule has 1 saturated heterocycles. The first kappa shape index (κ1) is 14.7. The van der Waals surface area contributed by atoms with Crippen LogP contribution in [-0.2, 0) is 4.79 Å². The number of benzene rings is 1. The molecule has 0 bridgehead atoms. The number of hydrogen-bond donors (Lipinski definition) is 1. The monoisotopic (exact) mass is 308 g/mol. The lowest BCUT2D eigenvalue weighted by molar-refractivity contribution is -0.124. The first-order valence-electron chi connectivity index (χ1n) is 7.62. The third-order valence-electron chi connectivity index (χ3n) is 4.14. The number of likely N-dealkylation sites (tertiary alicyclic amines) is 1. The van der Waals surface area contributed by atoms with Crippen LogP contribution in [0.5, 0.6) is 5.75 Å². The Balaban J connectivity index is 1.37. The molecule has 0 spiro atoms. The van der Waals surface area contributed by atoms with Crippen LogP contribution in [0.3, 0.4) is 0 Å². The highest BCUT2D eigenvalue weighted by Crippen LogP contribution is 2.29. The highest BCUT2D eigenvalue weighted by Gasteiger charge is 2.32. The van der Waals surface area contributed by atoms with Crippen LogP contribution in [-0.4, -0.2) is 42.6 Å². The fourth-order valence-electron chi connectivity index (χ4n) is 2.80. The predicted molar refractivity (Wildman–Crippen MR) is 82.7 cm³/mol. The van der Waals surface area contributed by atoms with Gasteiger partial charge in [-0.25, -0.2) is 0 Å². The zero-order chi connectivity index (χ0) is 14.7. The summed E-state index contributed by atoms with van der Waals surface area (Å²) in [6.45, 7) is 2.27. The minimum Gasteiger partial charge on any atom is -0.484 e. The van der Waals surface area contributed by atoms with Gasteiger partial charge in [0.2, 0.25) is 0 Å². The number of ether oxygens (including phenoxy) is 1. The van der Waals surface area contributed by atoms with Gasteiger partial charge in [-0.05, 0) is 49.9 Å². The maximum atomic E-state index is 11.9. The third kappa shape index (κ3) is 4.35. The van der Waals surface area contributed by atoms with E-state index in [1.165, 1.54) is 12.8 Å². The second-order valence-corrected chi connectivity index (χ2v) is 6.29. The first-order valence-corrected chi connectivity index (χ1v) is 8.00. The van der Waals surface area contributed by atoms with Gasteiger partial charge in [-0.15, -0.1) is 0 Å². The molecule has 1 N–H and O–H groups in total. The Morgan fingerprint density at radius 1 is 1.19 bits per heavy atom. The molecule has 21 heavy (non-hydrogen) atoms. The molecular weight excluding hydrogens is 288 g/mol. The molecule has 0 unspecified atom stereocenters. The van der Waals surface area contributed by atoms with E-state index in [-0.39, 0.29) is 12.5 Å². The van der Waals surface area contributed by atoms with Crippen LogP contribution in [0.2, 0.25) is 5.02 Å². The molecule has 3 rings (SSSR count). The fourth-order valence-corrected chi connectivity index (χ4v) is 2.92. The van der Waals surface area contributed by atoms with Crippen LogP contribution >= 0.6 is 11.6 Å². The predicted octanol–water partition coefficient (Wildman–Crippen LogP) is 2.46. The summed E-state index contributed by atoms with van der Waals surface area (Å²) in [4.78, 5) is 14.5. The van der Waals surface area contributed by atoms with Crippen molar-refractivity contribution in [3.63, 3.8) is 0 Å². The lowest BCUT2D eigenvalue weighted by Crippen LogP contribution is -2.46. The summed E-state index contributed by atoms with van der Waals surface area (Å²) < 4.78 is 5.45. The van der Waals surface area contributed by atoms with E-state index in [9.17, 15) is 4.79 Å². The summed E-state index contributed by atoms with van der Waals surface area (Å²) in [5.41, 5.74) is 0. The Labute approximate surface area is 130 Å². The number of piperidine rings is 1. The standard InChI is InChI=1S/C16H21ClN2O2/c17-12-1-5-15(6-2-12)21-11-16(20)18-13-7-9-19(10-8-13)14-3-4-14/h1-2,5-6,13-14H,3-4,7-11H2,(H,18,20). The van der Waals surface area contributed by atoms with Gasteiger partial charge < -0.3 is 15.0 Å². The molecule has 4 nitrogen and oxygen atoms in total. The van der Waals surface area contributed by atoms with E-state index in [2.05, 4.69) is 10.2 Å². The van der Waals surface area contributed by atoms with E-state index in [4.69, 9.17) is 16.3 Å². The van der Waals surface area contributed by atoms with Crippen molar-refractivity contribution in [2.75, 3.05) is 19.7 Å². The van der Waals surface area contributed by atoms with Crippen LogP contribution in [0.15, 0.2) is 24.3 Å². The molecule has 5 heteroatoms. The van der Waals surface area contributed by atoms with Crippen LogP contribution in [0.4, 0.5) is 0 Å². The molecule has 0 aromatic heterocycles. The number of hydrogen-bond acceptors (Lipinski definition) is 3. The molecule has 0 radical (unpaired) electrons. The molecule has 1 aliphatic carbocycles. The molecule has 2 aliphatic rings. The lowest BCUT2D eigenvalue weighted by atomic mass is 10.0. The lowest BCUT2D eigenvalue weighted by Gasteiger charge is -2.32. The van der Waals surface area contributed by atoms with E-state index in [0.29, 0.717) is 16.8 Å². The summed E-state index contributed by atoms with van der Waals surface area (Å²) in [6.07, 6.45) is 4.80. The maximum Gasteiger partial charge on any atom is 0.258 e. The van der Waals surface area contributed by atoms with Gasteiger partial charge in [0.25, 0.3) is 5.91 Å². The minimum absolute atomic E-state index is 0.0465. The number of nitrogens with zero attached hydrogens (tertiary/aromatic N) is 1. The van der Waals surface area contributed by atoms with Crippen molar-refractivity contribution >= 4 is 17.5 Å². The van der Waals surface area contributed by atoms with Gasteiger partial charge in [-0.1, -0.05) is 11.6 Å². The van der Waals surface area contributed by atoms with Crippen molar-refractivity contribution < 1.29 is 9.53 Å². The molecule has 114 valence electrons. The Morgan fingerprint density at radius 3 is 2.48 bits per heavy atom. The Hall–Kier alpha value is -1.26. The second kappa shape index (κ2) is 6.67. The maximum absolute atomic E-state index is 11.9. The van der Waals surface area contributed by atoms with Gasteiger partial charge >= 0.3 is 0 Å². The smallest absolute Gasteiger partial charge is 0.258 e. The van der Waals surface area contributed by atoms with Gasteiger partial charge in [-0.3, -0.25) is 4.79 Å². The second-order valence-electron chi connectivity index (χ2n) is 5.85. The molecule has 0 atom stereocenters. The third-order valence-corrected chi connectivity index (χ3v) is 4.39. The van der Waals surface area contributed by atoms with Crippen molar-refractivity contribution in [3.05, 3.63) is 29.3 Å². The van der Waals surface area contributed by atoms with E-state index in [0.717, 1.165) is 32.0 Å². The van der Waals surface area contributed by atoms with Crippen molar-refractivity contribution in [2.24, 2.45) is 0 Å². The SMILES string of the molecule is O=C(COc1ccc(Cl)cc1)NC1CCN(C2CC2)CC1. The number of carbonyl (C=O) groups is 1. The largest absolute Gasteiger partial charge is 0.484 e. The van der Waals surface area contributed by atoms with Crippen molar-refractivity contribution in [1.82, 2.24) is 10.2 Å². The number of halogens is 1. The van der Waals surface area contributed by atoms with E-state index in [1.54, 1.807) is 24.3 Å². The zero-order valence-corrected chi connectivity index (χ0v) is 12.8. The summed E-state index contributed by atoms with van der Waals surface area (Å²) in [5, 5.41) is 3.73. The first-order chi connectivity index (χ1) is 10.2. The van der Waals surface area contributed by atoms with Gasteiger partial charge in [0, 0.05) is 30.2 Å². The molecule has 1 aromatic rings. The van der Waals surface area contributed by atoms with Gasteiger partial charge in [0.15, 0.2) is 6.61 Å². The summed E-state index contributed by atoms with van der Waals surface area (Å²) in [6, 6.07) is 8.16. The van der Waals surface area contributed by atoms with Crippen LogP contribution < -0.4 is 10.1 Å². The molecular formula is C16H21ClN2O2. The number of nitrogens with one attached hydrogen (secondary N) is 1. The summed E-state index contributed by atoms with van der Waals surface area (Å²) in [7, 11) is 0. The summed E-state index contributed by atoms with van der Waals surface area (Å²) >= 11 is 5.80. The Kier molecular flexibility index (Phi) is 4.66. The van der Waals surface area contributed by atoms with E-state index >= 15 is 0 Å². The molecule has 1 saturated carbocycles. The number of carbonyl (C=O) groups excluding carboxylic acids is 1. The molecule has 2 fully saturated rings. The fraction of sp³-hybridized carbons (Fsp3) is 0.562. The highest BCUT2D eigenvalue weighted by molar-refractivity contribution is 6.30. The molecule has 1 aromatic carbocycles. The minimum atomic E-state index is -0.0465. The van der Waals surface area contributed by atoms with Gasteiger partial charge in [0.1, 0.15) is 5.75 Å². The quantitative estimate of drug-likeness (QED) is 0.908. The molecule has 1 heterocycles. The number of rotatable bonds is 5. The topological polar surface area (TPSA) is 41.6 Å². The summed E-state index contributed by atoms with van der Waals surface area (Å²) in [5.74, 6) is 0.618. The van der Waals surface area contributed by atoms with E-state index < -0.39 is 0 Å². The van der Waals surface area contributed by atoms with Crippen molar-refractivity contribution in [1.29, 1.82) is 0 Å². The van der Waals surface area contributed by atoms with Gasteiger partial charge in [0.05, 0.1) is 0 Å². The number of amides is 1. The molecule has 1 aliphatic heterocycles. The average Bonchev–Trinajstić information content (AvgIpc) is 3.32. The van der Waals surface area contributed by atoms with Crippen molar-refractivity contribution in [3.8, 4) is 5.75 Å². The zero-order valence-electron chi connectivity index (χ0n) is 12.1. The Bertz CT molecular complexity index is 480. The van der Waals surface area contributed by atoms with Crippen LogP contribution in [0, 0.1) is 0 Å². The van der Waals surface area contributed by atoms with E-state index in [1.807, 2.05) is 0 Å². The van der Waals surface area contributed by atoms with Crippen LogP contribution in [0.25, 0.3) is 0 Å². The molecule has 1 amide bonds. The van der Waals surface area contributed by atoms with Gasteiger partial charge in [-0.2, -0.15) is 0 Å². The normalized spacial score (nSPS) is 20.2. The average molecular weight is 309 g/mol. The van der Waals surface area contributed by atoms with Crippen LogP contribution in [0.1, 0.15) is 25.7 Å².